The van der Waals surface area contributed by atoms with Gasteiger partial charge in [-0.2, -0.15) is 9.61 Å². The molecule has 0 aliphatic carbocycles. The zero-order valence-electron chi connectivity index (χ0n) is 7.72. The van der Waals surface area contributed by atoms with E-state index in [1.807, 2.05) is 24.3 Å². The third-order valence-corrected chi connectivity index (χ3v) is 2.61. The molecule has 0 N–H and O–H groups in total. The van der Waals surface area contributed by atoms with Gasteiger partial charge < -0.3 is 4.42 Å². The molecule has 3 nitrogen and oxygen atoms in total. The van der Waals surface area contributed by atoms with Crippen LogP contribution in [-0.4, -0.2) is 9.61 Å². The van der Waals surface area contributed by atoms with Crippen molar-refractivity contribution in [3.63, 3.8) is 0 Å². The Morgan fingerprint density at radius 1 is 1.20 bits per heavy atom. The standard InChI is InChI=1S/C11H7ClN2O/c12-9-4-2-1-3-8(9)10-7-15-11-5-6-13-14(10)11/h1-7H. The molecule has 1 aromatic carbocycles. The third kappa shape index (κ3) is 1.24. The molecule has 0 spiro atoms. The average Bonchev–Trinajstić information content (AvgIpc) is 2.80. The molecule has 0 fully saturated rings. The molecule has 4 heteroatoms. The molecule has 0 unspecified atom stereocenters. The van der Waals surface area contributed by atoms with Gasteiger partial charge in [0.25, 0.3) is 0 Å². The Balaban J connectivity index is 2.31. The van der Waals surface area contributed by atoms with Crippen LogP contribution in [0.15, 0.2) is 47.2 Å². The van der Waals surface area contributed by atoms with Crippen LogP contribution in [0, 0.1) is 0 Å². The summed E-state index contributed by atoms with van der Waals surface area (Å²) < 4.78 is 7.06. The molecule has 0 saturated carbocycles. The zero-order valence-corrected chi connectivity index (χ0v) is 8.48. The van der Waals surface area contributed by atoms with Crippen molar-refractivity contribution in [2.24, 2.45) is 0 Å². The molecule has 15 heavy (non-hydrogen) atoms. The summed E-state index contributed by atoms with van der Waals surface area (Å²) >= 11 is 6.10. The number of fused-ring (bicyclic) bond motifs is 1. The molecular weight excluding hydrogens is 212 g/mol. The molecule has 0 radical (unpaired) electrons. The van der Waals surface area contributed by atoms with Gasteiger partial charge in [0.05, 0.1) is 11.2 Å². The lowest BCUT2D eigenvalue weighted by atomic mass is 10.2. The molecule has 0 bridgehead atoms. The molecule has 0 atom stereocenters. The molecule has 0 saturated heterocycles. The number of oxazole rings is 1. The van der Waals surface area contributed by atoms with E-state index in [0.717, 1.165) is 11.3 Å². The van der Waals surface area contributed by atoms with Crippen molar-refractivity contribution >= 4 is 17.3 Å². The third-order valence-electron chi connectivity index (χ3n) is 2.28. The van der Waals surface area contributed by atoms with Crippen LogP contribution < -0.4 is 0 Å². The van der Waals surface area contributed by atoms with Gasteiger partial charge >= 0.3 is 0 Å². The second kappa shape index (κ2) is 3.14. The average molecular weight is 219 g/mol. The largest absolute Gasteiger partial charge is 0.444 e. The lowest BCUT2D eigenvalue weighted by Crippen LogP contribution is -1.87. The highest BCUT2D eigenvalue weighted by Crippen LogP contribution is 2.28. The van der Waals surface area contributed by atoms with Crippen LogP contribution in [0.3, 0.4) is 0 Å². The van der Waals surface area contributed by atoms with Crippen LogP contribution in [0.4, 0.5) is 0 Å². The van der Waals surface area contributed by atoms with E-state index in [1.165, 1.54) is 0 Å². The minimum atomic E-state index is 0.690. The van der Waals surface area contributed by atoms with Gasteiger partial charge in [0.1, 0.15) is 12.0 Å². The summed E-state index contributed by atoms with van der Waals surface area (Å²) in [7, 11) is 0. The second-order valence-corrected chi connectivity index (χ2v) is 3.59. The predicted octanol–water partition coefficient (Wildman–Crippen LogP) is 3.25. The predicted molar refractivity (Wildman–Crippen MR) is 57.9 cm³/mol. The number of halogens is 1. The molecule has 0 amide bonds. The Hall–Kier alpha value is -1.74. The van der Waals surface area contributed by atoms with Crippen LogP contribution >= 0.6 is 11.6 Å². The normalized spacial score (nSPS) is 11.0. The summed E-state index contributed by atoms with van der Waals surface area (Å²) in [6.07, 6.45) is 3.35. The molecule has 2 aromatic heterocycles. The first-order chi connectivity index (χ1) is 7.36. The van der Waals surface area contributed by atoms with Crippen molar-refractivity contribution in [1.82, 2.24) is 9.61 Å². The highest BCUT2D eigenvalue weighted by Gasteiger charge is 2.10. The summed E-state index contributed by atoms with van der Waals surface area (Å²) in [5, 5.41) is 4.85. The number of hydrogen-bond donors (Lipinski definition) is 0. The van der Waals surface area contributed by atoms with E-state index in [4.69, 9.17) is 16.0 Å². The van der Waals surface area contributed by atoms with Crippen LogP contribution in [0.5, 0.6) is 0 Å². The maximum atomic E-state index is 6.10. The number of nitrogens with zero attached hydrogens (tertiary/aromatic N) is 2. The Labute approximate surface area is 90.9 Å². The van der Waals surface area contributed by atoms with Crippen molar-refractivity contribution < 1.29 is 4.42 Å². The molecular formula is C11H7ClN2O. The highest BCUT2D eigenvalue weighted by molar-refractivity contribution is 6.33. The van der Waals surface area contributed by atoms with Crippen LogP contribution in [0.2, 0.25) is 5.02 Å². The second-order valence-electron chi connectivity index (χ2n) is 3.18. The van der Waals surface area contributed by atoms with Crippen LogP contribution in [0.25, 0.3) is 17.0 Å². The molecule has 2 heterocycles. The maximum Gasteiger partial charge on any atom is 0.221 e. The summed E-state index contributed by atoms with van der Waals surface area (Å²) in [5.74, 6) is 0. The van der Waals surface area contributed by atoms with E-state index >= 15 is 0 Å². The van der Waals surface area contributed by atoms with E-state index in [0.29, 0.717) is 10.7 Å². The number of aromatic nitrogens is 2. The van der Waals surface area contributed by atoms with Gasteiger partial charge in [-0.15, -0.1) is 0 Å². The lowest BCUT2D eigenvalue weighted by Gasteiger charge is -1.99. The minimum Gasteiger partial charge on any atom is -0.444 e. The number of benzene rings is 1. The number of hydrogen-bond acceptors (Lipinski definition) is 2. The summed E-state index contributed by atoms with van der Waals surface area (Å²) in [6.45, 7) is 0. The van der Waals surface area contributed by atoms with Gasteiger partial charge in [0.2, 0.25) is 5.71 Å². The van der Waals surface area contributed by atoms with E-state index in [-0.39, 0.29) is 0 Å². The maximum absolute atomic E-state index is 6.10. The molecule has 0 aliphatic heterocycles. The Bertz CT molecular complexity index is 612. The van der Waals surface area contributed by atoms with E-state index < -0.39 is 0 Å². The quantitative estimate of drug-likeness (QED) is 0.628. The molecule has 3 rings (SSSR count). The van der Waals surface area contributed by atoms with Gasteiger partial charge in [-0.1, -0.05) is 29.8 Å². The molecule has 0 aliphatic rings. The Morgan fingerprint density at radius 3 is 2.93 bits per heavy atom. The smallest absolute Gasteiger partial charge is 0.221 e. The van der Waals surface area contributed by atoms with Crippen molar-refractivity contribution in [3.8, 4) is 11.3 Å². The number of rotatable bonds is 1. The van der Waals surface area contributed by atoms with Gasteiger partial charge in [-0.05, 0) is 6.07 Å². The van der Waals surface area contributed by atoms with Crippen LogP contribution in [-0.2, 0) is 0 Å². The first kappa shape index (κ1) is 8.56. The minimum absolute atomic E-state index is 0.690. The fraction of sp³-hybridized carbons (Fsp3) is 0. The summed E-state index contributed by atoms with van der Waals surface area (Å²) in [4.78, 5) is 0. The zero-order chi connectivity index (χ0) is 10.3. The van der Waals surface area contributed by atoms with E-state index in [1.54, 1.807) is 23.0 Å². The summed E-state index contributed by atoms with van der Waals surface area (Å²) in [5.41, 5.74) is 2.49. The fourth-order valence-electron chi connectivity index (χ4n) is 1.57. The molecule has 74 valence electrons. The topological polar surface area (TPSA) is 30.4 Å². The van der Waals surface area contributed by atoms with Crippen molar-refractivity contribution in [1.29, 1.82) is 0 Å². The van der Waals surface area contributed by atoms with E-state index in [9.17, 15) is 0 Å². The summed E-state index contributed by atoms with van der Waals surface area (Å²) in [6, 6.07) is 9.42. The first-order valence-electron chi connectivity index (χ1n) is 4.52. The first-order valence-corrected chi connectivity index (χ1v) is 4.90. The van der Waals surface area contributed by atoms with Gasteiger partial charge in [-0.3, -0.25) is 0 Å². The fourth-order valence-corrected chi connectivity index (χ4v) is 1.81. The van der Waals surface area contributed by atoms with Crippen molar-refractivity contribution in [3.05, 3.63) is 47.8 Å². The highest BCUT2D eigenvalue weighted by atomic mass is 35.5. The Morgan fingerprint density at radius 2 is 2.07 bits per heavy atom. The Kier molecular flexibility index (Phi) is 1.79. The van der Waals surface area contributed by atoms with Gasteiger partial charge in [0.15, 0.2) is 0 Å². The SMILES string of the molecule is Clc1ccccc1-c1coc2ccnn12. The molecule has 3 aromatic rings. The van der Waals surface area contributed by atoms with Crippen molar-refractivity contribution in [2.75, 3.05) is 0 Å². The lowest BCUT2D eigenvalue weighted by molar-refractivity contribution is 0.606. The van der Waals surface area contributed by atoms with E-state index in [2.05, 4.69) is 5.10 Å². The van der Waals surface area contributed by atoms with Crippen molar-refractivity contribution in [2.45, 2.75) is 0 Å². The van der Waals surface area contributed by atoms with Gasteiger partial charge in [0, 0.05) is 11.6 Å². The van der Waals surface area contributed by atoms with Crippen LogP contribution in [0.1, 0.15) is 0 Å². The monoisotopic (exact) mass is 218 g/mol. The van der Waals surface area contributed by atoms with Gasteiger partial charge in [-0.25, -0.2) is 0 Å².